The zero-order valence-electron chi connectivity index (χ0n) is 13.0. The second kappa shape index (κ2) is 6.65. The molecule has 0 aromatic rings. The Kier molecular flexibility index (Phi) is 5.30. The maximum atomic E-state index is 11.8. The molecule has 1 aliphatic carbocycles. The molecule has 2 fully saturated rings. The molecule has 1 saturated carbocycles. The minimum Gasteiger partial charge on any atom is -0.481 e. The summed E-state index contributed by atoms with van der Waals surface area (Å²) in [6, 6.07) is 0.0155. The van der Waals surface area contributed by atoms with E-state index < -0.39 is 15.8 Å². The summed E-state index contributed by atoms with van der Waals surface area (Å²) in [5, 5.41) is 9.05. The van der Waals surface area contributed by atoms with E-state index in [4.69, 9.17) is 5.11 Å². The van der Waals surface area contributed by atoms with Gasteiger partial charge in [-0.25, -0.2) is 8.42 Å². The minimum atomic E-state index is -3.08. The van der Waals surface area contributed by atoms with E-state index in [1.54, 1.807) is 0 Å². The maximum absolute atomic E-state index is 11.8. The van der Waals surface area contributed by atoms with Gasteiger partial charge in [0.25, 0.3) is 0 Å². The number of hydrogen-bond acceptors (Lipinski definition) is 4. The summed E-state index contributed by atoms with van der Waals surface area (Å²) >= 11 is 0. The van der Waals surface area contributed by atoms with E-state index in [9.17, 15) is 13.2 Å². The van der Waals surface area contributed by atoms with Crippen molar-refractivity contribution in [1.29, 1.82) is 0 Å². The molecule has 0 aromatic carbocycles. The lowest BCUT2D eigenvalue weighted by atomic mass is 9.79. The van der Waals surface area contributed by atoms with E-state index in [1.165, 1.54) is 12.8 Å². The summed E-state index contributed by atoms with van der Waals surface area (Å²) in [5.74, 6) is 0.726. The monoisotopic (exact) mass is 317 g/mol. The number of carboxylic acids is 1. The number of hydrogen-bond donors (Lipinski definition) is 1. The van der Waals surface area contributed by atoms with Crippen molar-refractivity contribution in [2.24, 2.45) is 11.8 Å². The van der Waals surface area contributed by atoms with Gasteiger partial charge in [-0.3, -0.25) is 9.69 Å². The average molecular weight is 317 g/mol. The lowest BCUT2D eigenvalue weighted by Gasteiger charge is -2.43. The van der Waals surface area contributed by atoms with E-state index in [-0.39, 0.29) is 24.0 Å². The van der Waals surface area contributed by atoms with Crippen molar-refractivity contribution in [3.63, 3.8) is 0 Å². The number of carbonyl (C=O) groups is 1. The van der Waals surface area contributed by atoms with Crippen molar-refractivity contribution >= 4 is 15.8 Å². The first-order valence-electron chi connectivity index (χ1n) is 7.96. The molecule has 1 aliphatic heterocycles. The molecule has 0 spiro atoms. The summed E-state index contributed by atoms with van der Waals surface area (Å²) < 4.78 is 23.6. The fourth-order valence-corrected chi connectivity index (χ4v) is 5.41. The summed E-state index contributed by atoms with van der Waals surface area (Å²) in [5.41, 5.74) is 0. The normalized spacial score (nSPS) is 34.0. The SMILES string of the molecule is CC(C)C1CCC(N2CCS(=O)(=O)CC2CC(=O)O)CC1. The smallest absolute Gasteiger partial charge is 0.304 e. The number of sulfone groups is 1. The van der Waals surface area contributed by atoms with Gasteiger partial charge in [0.15, 0.2) is 9.84 Å². The van der Waals surface area contributed by atoms with E-state index in [0.29, 0.717) is 18.5 Å². The van der Waals surface area contributed by atoms with Gasteiger partial charge in [-0.1, -0.05) is 13.8 Å². The maximum Gasteiger partial charge on any atom is 0.304 e. The zero-order chi connectivity index (χ0) is 15.6. The van der Waals surface area contributed by atoms with Crippen LogP contribution in [0.25, 0.3) is 0 Å². The van der Waals surface area contributed by atoms with Crippen molar-refractivity contribution in [3.8, 4) is 0 Å². The number of rotatable bonds is 4. The highest BCUT2D eigenvalue weighted by Crippen LogP contribution is 2.34. The molecule has 0 bridgehead atoms. The molecule has 2 rings (SSSR count). The molecule has 1 unspecified atom stereocenters. The quantitative estimate of drug-likeness (QED) is 0.855. The lowest BCUT2D eigenvalue weighted by Crippen LogP contribution is -2.54. The Morgan fingerprint density at radius 1 is 1.24 bits per heavy atom. The van der Waals surface area contributed by atoms with Crippen LogP contribution in [0.5, 0.6) is 0 Å². The average Bonchev–Trinajstić information content (AvgIpc) is 2.37. The fraction of sp³-hybridized carbons (Fsp3) is 0.933. The van der Waals surface area contributed by atoms with Gasteiger partial charge in [0, 0.05) is 18.6 Å². The lowest BCUT2D eigenvalue weighted by molar-refractivity contribution is -0.138. The van der Waals surface area contributed by atoms with Crippen LogP contribution >= 0.6 is 0 Å². The molecule has 1 atom stereocenters. The molecule has 0 aromatic heterocycles. The molecule has 1 N–H and O–H groups in total. The van der Waals surface area contributed by atoms with Gasteiger partial charge in [-0.05, 0) is 37.5 Å². The van der Waals surface area contributed by atoms with Crippen LogP contribution in [0.3, 0.4) is 0 Å². The Labute approximate surface area is 127 Å². The van der Waals surface area contributed by atoms with E-state index in [1.807, 2.05) is 0 Å². The van der Waals surface area contributed by atoms with Gasteiger partial charge in [0.05, 0.1) is 17.9 Å². The standard InChI is InChI=1S/C15H27NO4S/c1-11(2)12-3-5-13(6-4-12)16-7-8-21(19,20)10-14(16)9-15(17)18/h11-14H,3-10H2,1-2H3,(H,17,18). The van der Waals surface area contributed by atoms with Crippen molar-refractivity contribution < 1.29 is 18.3 Å². The topological polar surface area (TPSA) is 74.7 Å². The molecule has 0 amide bonds. The number of carboxylic acid groups (broad SMARTS) is 1. The van der Waals surface area contributed by atoms with Gasteiger partial charge in [-0.2, -0.15) is 0 Å². The molecule has 6 heteroatoms. The van der Waals surface area contributed by atoms with Crippen LogP contribution in [-0.4, -0.2) is 54.5 Å². The van der Waals surface area contributed by atoms with Gasteiger partial charge in [0.2, 0.25) is 0 Å². The first kappa shape index (κ1) is 16.7. The molecular formula is C15H27NO4S. The highest BCUT2D eigenvalue weighted by atomic mass is 32.2. The van der Waals surface area contributed by atoms with Crippen LogP contribution < -0.4 is 0 Å². The molecule has 1 heterocycles. The van der Waals surface area contributed by atoms with Crippen molar-refractivity contribution in [2.75, 3.05) is 18.1 Å². The predicted molar refractivity (Wildman–Crippen MR) is 82.0 cm³/mol. The molecule has 2 aliphatic rings. The van der Waals surface area contributed by atoms with Crippen molar-refractivity contribution in [2.45, 2.75) is 58.0 Å². The first-order valence-corrected chi connectivity index (χ1v) is 9.78. The summed E-state index contributed by atoms with van der Waals surface area (Å²) in [7, 11) is -3.08. The third kappa shape index (κ3) is 4.42. The summed E-state index contributed by atoms with van der Waals surface area (Å²) in [6.07, 6.45) is 4.41. The Morgan fingerprint density at radius 2 is 1.86 bits per heavy atom. The van der Waals surface area contributed by atoms with Crippen LogP contribution in [0.4, 0.5) is 0 Å². The Bertz CT molecular complexity index is 466. The number of nitrogens with zero attached hydrogens (tertiary/aromatic N) is 1. The molecular weight excluding hydrogens is 290 g/mol. The summed E-state index contributed by atoms with van der Waals surface area (Å²) in [6.45, 7) is 5.01. The van der Waals surface area contributed by atoms with Gasteiger partial charge in [0.1, 0.15) is 0 Å². The molecule has 21 heavy (non-hydrogen) atoms. The van der Waals surface area contributed by atoms with Gasteiger partial charge in [-0.15, -0.1) is 0 Å². The number of aliphatic carboxylic acids is 1. The van der Waals surface area contributed by atoms with E-state index in [2.05, 4.69) is 18.7 Å². The third-order valence-corrected chi connectivity index (χ3v) is 6.84. The highest BCUT2D eigenvalue weighted by molar-refractivity contribution is 7.91. The molecule has 5 nitrogen and oxygen atoms in total. The first-order chi connectivity index (χ1) is 9.78. The zero-order valence-corrected chi connectivity index (χ0v) is 13.8. The predicted octanol–water partition coefficient (Wildman–Crippen LogP) is 1.77. The molecule has 122 valence electrons. The van der Waals surface area contributed by atoms with Crippen LogP contribution in [-0.2, 0) is 14.6 Å². The van der Waals surface area contributed by atoms with Crippen LogP contribution in [0.1, 0.15) is 46.0 Å². The second-order valence-electron chi connectivity index (χ2n) is 6.92. The highest BCUT2D eigenvalue weighted by Gasteiger charge is 2.37. The van der Waals surface area contributed by atoms with E-state index >= 15 is 0 Å². The van der Waals surface area contributed by atoms with Crippen molar-refractivity contribution in [3.05, 3.63) is 0 Å². The second-order valence-corrected chi connectivity index (χ2v) is 9.15. The van der Waals surface area contributed by atoms with Gasteiger partial charge < -0.3 is 5.11 Å². The Hall–Kier alpha value is -0.620. The van der Waals surface area contributed by atoms with Crippen LogP contribution in [0, 0.1) is 11.8 Å². The van der Waals surface area contributed by atoms with Crippen LogP contribution in [0.2, 0.25) is 0 Å². The largest absolute Gasteiger partial charge is 0.481 e. The molecule has 0 radical (unpaired) electrons. The minimum absolute atomic E-state index is 0.00338. The fourth-order valence-electron chi connectivity index (χ4n) is 3.86. The van der Waals surface area contributed by atoms with Gasteiger partial charge >= 0.3 is 5.97 Å². The Balaban J connectivity index is 2.02. The summed E-state index contributed by atoms with van der Waals surface area (Å²) in [4.78, 5) is 13.2. The third-order valence-electron chi connectivity index (χ3n) is 5.14. The Morgan fingerprint density at radius 3 is 2.38 bits per heavy atom. The van der Waals surface area contributed by atoms with E-state index in [0.717, 1.165) is 18.8 Å². The molecule has 1 saturated heterocycles. The van der Waals surface area contributed by atoms with Crippen molar-refractivity contribution in [1.82, 2.24) is 4.90 Å². The van der Waals surface area contributed by atoms with Crippen LogP contribution in [0.15, 0.2) is 0 Å².